The van der Waals surface area contributed by atoms with Crippen molar-refractivity contribution in [2.24, 2.45) is 5.92 Å². The Balaban J connectivity index is 0.00000345. The van der Waals surface area contributed by atoms with E-state index >= 15 is 0 Å². The lowest BCUT2D eigenvalue weighted by atomic mass is 9.91. The van der Waals surface area contributed by atoms with Crippen molar-refractivity contribution in [1.82, 2.24) is 19.5 Å². The third kappa shape index (κ3) is 10.3. The number of carbonyl (C=O) groups is 1. The molecule has 3 rings (SSSR count). The SMILES string of the molecule is CCCCCCCCCCCCCCCCCCO[C@@H]1[C@H](O)[C@@H](CO)O[C@@]1(C(=O)C(C)C)n1cnc2c(=O)[nH]c(N)nc21.N#N. The van der Waals surface area contributed by atoms with Gasteiger partial charge in [0.1, 0.15) is 24.6 Å². The number of nitrogens with one attached hydrogen (secondary N) is 1. The zero-order valence-electron chi connectivity index (χ0n) is 27.5. The van der Waals surface area contributed by atoms with Crippen molar-refractivity contribution < 1.29 is 24.5 Å². The van der Waals surface area contributed by atoms with Gasteiger partial charge in [-0.25, -0.2) is 4.98 Å². The summed E-state index contributed by atoms with van der Waals surface area (Å²) in [6.45, 7) is 5.48. The van der Waals surface area contributed by atoms with Crippen LogP contribution >= 0.6 is 0 Å². The van der Waals surface area contributed by atoms with Gasteiger partial charge in [0.05, 0.1) is 6.61 Å². The lowest BCUT2D eigenvalue weighted by Gasteiger charge is -2.35. The van der Waals surface area contributed by atoms with E-state index in [1.807, 2.05) is 0 Å². The van der Waals surface area contributed by atoms with E-state index < -0.39 is 42.1 Å². The number of hydrogen-bond donors (Lipinski definition) is 4. The van der Waals surface area contributed by atoms with Crippen molar-refractivity contribution in [1.29, 1.82) is 10.8 Å². The lowest BCUT2D eigenvalue weighted by Crippen LogP contribution is -2.54. The molecule has 254 valence electrons. The number of ketones is 1. The van der Waals surface area contributed by atoms with Crippen LogP contribution in [0.2, 0.25) is 0 Å². The number of nitrogen functional groups attached to an aromatic ring is 1. The highest BCUT2D eigenvalue weighted by Crippen LogP contribution is 2.41. The topological polar surface area (TPSA) is 213 Å². The number of nitrogens with zero attached hydrogens (tertiary/aromatic N) is 5. The molecule has 13 heteroatoms. The summed E-state index contributed by atoms with van der Waals surface area (Å²) in [6.07, 6.45) is 17.9. The van der Waals surface area contributed by atoms with Crippen LogP contribution in [0.25, 0.3) is 11.2 Å². The second kappa shape index (κ2) is 20.3. The number of ether oxygens (including phenoxy) is 2. The number of aromatic nitrogens is 4. The van der Waals surface area contributed by atoms with Gasteiger partial charge in [0, 0.05) is 23.3 Å². The molecule has 2 aromatic heterocycles. The molecule has 1 saturated heterocycles. The van der Waals surface area contributed by atoms with Crippen LogP contribution < -0.4 is 11.3 Å². The monoisotopic (exact) mass is 633 g/mol. The summed E-state index contributed by atoms with van der Waals surface area (Å²) in [4.78, 5) is 37.0. The normalized spacial score (nSPS) is 21.3. The van der Waals surface area contributed by atoms with Crippen molar-refractivity contribution in [2.75, 3.05) is 18.9 Å². The van der Waals surface area contributed by atoms with Gasteiger partial charge in [0.25, 0.3) is 5.56 Å². The summed E-state index contributed by atoms with van der Waals surface area (Å²) in [5.41, 5.74) is 3.38. The predicted octanol–water partition coefficient (Wildman–Crippen LogP) is 5.01. The van der Waals surface area contributed by atoms with Crippen LogP contribution in [0.4, 0.5) is 5.95 Å². The van der Waals surface area contributed by atoms with Crippen molar-refractivity contribution in [2.45, 2.75) is 148 Å². The van der Waals surface area contributed by atoms with E-state index in [1.165, 1.54) is 94.4 Å². The molecule has 0 spiro atoms. The van der Waals surface area contributed by atoms with Gasteiger partial charge < -0.3 is 25.4 Å². The maximum atomic E-state index is 13.8. The number of aromatic amines is 1. The first kappa shape index (κ1) is 38.3. The first-order chi connectivity index (χ1) is 21.8. The molecule has 0 saturated carbocycles. The van der Waals surface area contributed by atoms with Crippen LogP contribution in [0.1, 0.15) is 124 Å². The summed E-state index contributed by atoms with van der Waals surface area (Å²) < 4.78 is 13.6. The van der Waals surface area contributed by atoms with E-state index in [9.17, 15) is 19.8 Å². The first-order valence-electron chi connectivity index (χ1n) is 16.8. The third-order valence-corrected chi connectivity index (χ3v) is 8.54. The Bertz CT molecular complexity index is 1220. The number of aliphatic hydroxyl groups excluding tert-OH is 2. The Hall–Kier alpha value is -2.92. The molecule has 3 heterocycles. The highest BCUT2D eigenvalue weighted by atomic mass is 16.6. The van der Waals surface area contributed by atoms with Crippen LogP contribution in [-0.2, 0) is 20.0 Å². The van der Waals surface area contributed by atoms with Crippen LogP contribution in [0.5, 0.6) is 0 Å². The van der Waals surface area contributed by atoms with Crippen LogP contribution in [0, 0.1) is 16.7 Å². The standard InChI is InChI=1S/C32H55N5O6.N2/c1-4-5-6-7-8-9-10-11-12-13-14-15-16-17-18-19-20-42-28-26(39)24(21-38)43-32(28,27(40)23(2)3)37-22-34-25-29(37)35-31(33)36-30(25)41;1-2/h22-24,26,28,38-39H,4-21H2,1-3H3,(H3,33,35,36,41);/t24-,26-,28-,32-;/m1./s1. The summed E-state index contributed by atoms with van der Waals surface area (Å²) >= 11 is 0. The summed E-state index contributed by atoms with van der Waals surface area (Å²) in [5.74, 6) is -1.06. The van der Waals surface area contributed by atoms with Crippen molar-refractivity contribution in [3.05, 3.63) is 16.7 Å². The van der Waals surface area contributed by atoms with Crippen LogP contribution in [0.3, 0.4) is 0 Å². The second-order valence-electron chi connectivity index (χ2n) is 12.4. The van der Waals surface area contributed by atoms with Gasteiger partial charge in [-0.1, -0.05) is 117 Å². The Kier molecular flexibility index (Phi) is 17.2. The number of anilines is 1. The molecule has 0 aromatic carbocycles. The molecule has 0 bridgehead atoms. The number of aliphatic hydroxyl groups is 2. The van der Waals surface area contributed by atoms with E-state index in [1.54, 1.807) is 13.8 Å². The molecule has 45 heavy (non-hydrogen) atoms. The van der Waals surface area contributed by atoms with E-state index in [-0.39, 0.29) is 22.9 Å². The van der Waals surface area contributed by atoms with E-state index in [4.69, 9.17) is 26.0 Å². The van der Waals surface area contributed by atoms with Crippen molar-refractivity contribution in [3.63, 3.8) is 0 Å². The van der Waals surface area contributed by atoms with E-state index in [0.29, 0.717) is 6.61 Å². The quantitative estimate of drug-likeness (QED) is 0.0999. The molecule has 1 fully saturated rings. The zero-order chi connectivity index (χ0) is 33.2. The number of imidazole rings is 1. The molecule has 5 N–H and O–H groups in total. The number of Topliss-reactive ketones (excluding diaryl/α,β-unsaturated/α-hetero) is 1. The molecule has 4 atom stereocenters. The molecule has 1 aliphatic heterocycles. The minimum atomic E-state index is -1.88. The minimum absolute atomic E-state index is 0.0211. The number of H-pyrrole nitrogens is 1. The summed E-state index contributed by atoms with van der Waals surface area (Å²) in [7, 11) is 0. The van der Waals surface area contributed by atoms with Gasteiger partial charge in [-0.3, -0.25) is 19.1 Å². The van der Waals surface area contributed by atoms with Gasteiger partial charge in [0.2, 0.25) is 11.7 Å². The van der Waals surface area contributed by atoms with E-state index in [0.717, 1.165) is 19.3 Å². The van der Waals surface area contributed by atoms with Gasteiger partial charge >= 0.3 is 0 Å². The number of rotatable bonds is 22. The Labute approximate surface area is 266 Å². The highest BCUT2D eigenvalue weighted by Gasteiger charge is 2.62. The highest BCUT2D eigenvalue weighted by molar-refractivity contribution is 5.89. The second-order valence-corrected chi connectivity index (χ2v) is 12.4. The average Bonchev–Trinajstić information content (AvgIpc) is 3.58. The molecule has 13 nitrogen and oxygen atoms in total. The number of unbranched alkanes of at least 4 members (excludes halogenated alkanes) is 15. The predicted molar refractivity (Wildman–Crippen MR) is 171 cm³/mol. The summed E-state index contributed by atoms with van der Waals surface area (Å²) in [5, 5.41) is 33.1. The maximum absolute atomic E-state index is 13.8. The van der Waals surface area contributed by atoms with E-state index in [2.05, 4.69) is 21.9 Å². The number of fused-ring (bicyclic) bond motifs is 1. The van der Waals surface area contributed by atoms with Gasteiger partial charge in [-0.2, -0.15) is 4.98 Å². The maximum Gasteiger partial charge on any atom is 0.280 e. The zero-order valence-corrected chi connectivity index (χ0v) is 27.5. The number of carbonyl (C=O) groups excluding carboxylic acids is 1. The fraction of sp³-hybridized carbons (Fsp3) is 0.812. The largest absolute Gasteiger partial charge is 0.394 e. The van der Waals surface area contributed by atoms with Gasteiger partial charge in [-0.05, 0) is 6.42 Å². The third-order valence-electron chi connectivity index (χ3n) is 8.54. The molecule has 0 amide bonds. The summed E-state index contributed by atoms with van der Waals surface area (Å²) in [6, 6.07) is 0. The first-order valence-corrected chi connectivity index (χ1v) is 16.8. The molecule has 0 unspecified atom stereocenters. The smallest absolute Gasteiger partial charge is 0.280 e. The number of hydrogen-bond acceptors (Lipinski definition) is 11. The molecule has 0 aliphatic carbocycles. The van der Waals surface area contributed by atoms with Crippen LogP contribution in [0.15, 0.2) is 11.1 Å². The molecule has 2 aromatic rings. The molecular weight excluding hydrogens is 578 g/mol. The van der Waals surface area contributed by atoms with Crippen LogP contribution in [-0.4, -0.2) is 67.0 Å². The minimum Gasteiger partial charge on any atom is -0.394 e. The molecular formula is C32H55N7O6. The van der Waals surface area contributed by atoms with Gasteiger partial charge in [-0.15, -0.1) is 0 Å². The lowest BCUT2D eigenvalue weighted by molar-refractivity contribution is -0.183. The fourth-order valence-electron chi connectivity index (χ4n) is 6.11. The Morgan fingerprint density at radius 2 is 1.53 bits per heavy atom. The molecule has 0 radical (unpaired) electrons. The number of nitrogens with two attached hydrogens (primary N) is 1. The Morgan fingerprint density at radius 1 is 1.02 bits per heavy atom. The van der Waals surface area contributed by atoms with Gasteiger partial charge in [0.15, 0.2) is 16.9 Å². The van der Waals surface area contributed by atoms with Crippen molar-refractivity contribution >= 4 is 22.9 Å². The molecule has 1 aliphatic rings. The average molecular weight is 634 g/mol. The van der Waals surface area contributed by atoms with Crippen molar-refractivity contribution in [3.8, 4) is 0 Å². The fourth-order valence-corrected chi connectivity index (χ4v) is 6.11. The Morgan fingerprint density at radius 3 is 2.02 bits per heavy atom.